The van der Waals surface area contributed by atoms with Crippen LogP contribution in [0.25, 0.3) is 0 Å². The highest BCUT2D eigenvalue weighted by Crippen LogP contribution is 2.38. The molecule has 1 saturated heterocycles. The molecule has 3 rings (SSSR count). The second-order valence-corrected chi connectivity index (χ2v) is 5.53. The van der Waals surface area contributed by atoms with Crippen LogP contribution < -0.4 is 10.1 Å². The minimum absolute atomic E-state index is 0.279. The predicted octanol–water partition coefficient (Wildman–Crippen LogP) is 3.71. The summed E-state index contributed by atoms with van der Waals surface area (Å²) < 4.78 is 11.5. The summed E-state index contributed by atoms with van der Waals surface area (Å²) in [4.78, 5) is 4.21. The first kappa shape index (κ1) is 13.7. The number of para-hydroxylation sites is 1. The van der Waals surface area contributed by atoms with Crippen LogP contribution in [-0.2, 0) is 0 Å². The lowest BCUT2D eigenvalue weighted by molar-refractivity contribution is 0.114. The van der Waals surface area contributed by atoms with E-state index in [2.05, 4.69) is 10.3 Å². The van der Waals surface area contributed by atoms with Crippen LogP contribution in [0.2, 0.25) is 10.0 Å². The Balaban J connectivity index is 1.90. The number of ether oxygens (including phenoxy) is 1. The Labute approximate surface area is 127 Å². The first-order valence-electron chi connectivity index (χ1n) is 6.46. The molecule has 4 nitrogen and oxygen atoms in total. The number of halogens is 2. The van der Waals surface area contributed by atoms with Crippen molar-refractivity contribution in [3.63, 3.8) is 0 Å². The monoisotopic (exact) mass is 312 g/mol. The summed E-state index contributed by atoms with van der Waals surface area (Å²) in [5, 5.41) is 4.29. The van der Waals surface area contributed by atoms with Crippen molar-refractivity contribution in [1.82, 2.24) is 10.3 Å². The van der Waals surface area contributed by atoms with E-state index in [-0.39, 0.29) is 12.0 Å². The lowest BCUT2D eigenvalue weighted by Crippen LogP contribution is -2.22. The quantitative estimate of drug-likeness (QED) is 0.935. The summed E-state index contributed by atoms with van der Waals surface area (Å²) >= 11 is 12.3. The summed E-state index contributed by atoms with van der Waals surface area (Å²) in [6, 6.07) is 5.29. The highest BCUT2D eigenvalue weighted by molar-refractivity contribution is 6.37. The van der Waals surface area contributed by atoms with Crippen molar-refractivity contribution in [2.45, 2.75) is 12.5 Å². The Morgan fingerprint density at radius 3 is 2.75 bits per heavy atom. The van der Waals surface area contributed by atoms with Gasteiger partial charge in [-0.25, -0.2) is 4.98 Å². The molecule has 1 aromatic heterocycles. The number of hydrogen-bond donors (Lipinski definition) is 1. The Bertz CT molecular complexity index is 548. The SMILES string of the molecule is Clc1cccc(Cl)c1O[C@H](c1ncco1)C1CCNC1. The predicted molar refractivity (Wildman–Crippen MR) is 77.3 cm³/mol. The zero-order chi connectivity index (χ0) is 13.9. The highest BCUT2D eigenvalue weighted by atomic mass is 35.5. The van der Waals surface area contributed by atoms with Gasteiger partial charge in [0, 0.05) is 12.5 Å². The van der Waals surface area contributed by atoms with Crippen LogP contribution in [-0.4, -0.2) is 18.1 Å². The van der Waals surface area contributed by atoms with Crippen LogP contribution in [0.4, 0.5) is 0 Å². The van der Waals surface area contributed by atoms with Crippen molar-refractivity contribution in [3.05, 3.63) is 46.6 Å². The van der Waals surface area contributed by atoms with Crippen LogP contribution in [0.1, 0.15) is 18.4 Å². The normalized spacial score (nSPS) is 20.0. The number of nitrogens with one attached hydrogen (secondary N) is 1. The molecular formula is C14H14Cl2N2O2. The van der Waals surface area contributed by atoms with Crippen molar-refractivity contribution in [3.8, 4) is 5.75 Å². The second kappa shape index (κ2) is 6.04. The van der Waals surface area contributed by atoms with Crippen molar-refractivity contribution in [2.75, 3.05) is 13.1 Å². The summed E-state index contributed by atoms with van der Waals surface area (Å²) in [7, 11) is 0. The van der Waals surface area contributed by atoms with Crippen molar-refractivity contribution >= 4 is 23.2 Å². The molecule has 2 aromatic rings. The molecule has 2 atom stereocenters. The van der Waals surface area contributed by atoms with Gasteiger partial charge in [-0.05, 0) is 25.1 Å². The molecule has 1 aromatic carbocycles. The van der Waals surface area contributed by atoms with Gasteiger partial charge in [0.05, 0.1) is 16.2 Å². The molecule has 1 N–H and O–H groups in total. The largest absolute Gasteiger partial charge is 0.477 e. The fourth-order valence-electron chi connectivity index (χ4n) is 2.38. The van der Waals surface area contributed by atoms with Gasteiger partial charge >= 0.3 is 0 Å². The molecule has 1 unspecified atom stereocenters. The molecule has 20 heavy (non-hydrogen) atoms. The van der Waals surface area contributed by atoms with Crippen LogP contribution in [0.3, 0.4) is 0 Å². The molecule has 2 heterocycles. The van der Waals surface area contributed by atoms with E-state index in [1.165, 1.54) is 0 Å². The maximum Gasteiger partial charge on any atom is 0.235 e. The minimum Gasteiger partial charge on any atom is -0.477 e. The van der Waals surface area contributed by atoms with E-state index < -0.39 is 0 Å². The lowest BCUT2D eigenvalue weighted by atomic mass is 10.0. The highest BCUT2D eigenvalue weighted by Gasteiger charge is 2.32. The smallest absolute Gasteiger partial charge is 0.235 e. The van der Waals surface area contributed by atoms with E-state index in [1.807, 2.05) is 0 Å². The zero-order valence-corrected chi connectivity index (χ0v) is 12.2. The molecule has 0 spiro atoms. The van der Waals surface area contributed by atoms with Crippen LogP contribution in [0, 0.1) is 5.92 Å². The standard InChI is InChI=1S/C14H14Cl2N2O2/c15-10-2-1-3-11(16)13(10)20-12(9-4-5-17-8-9)14-18-6-7-19-14/h1-3,6-7,9,12,17H,4-5,8H2/t9?,12-/m0/s1. The van der Waals surface area contributed by atoms with Gasteiger partial charge in [-0.3, -0.25) is 0 Å². The molecule has 106 valence electrons. The van der Waals surface area contributed by atoms with E-state index in [0.717, 1.165) is 19.5 Å². The van der Waals surface area contributed by atoms with Crippen LogP contribution in [0.5, 0.6) is 5.75 Å². The van der Waals surface area contributed by atoms with Gasteiger partial charge in [-0.15, -0.1) is 0 Å². The molecule has 0 bridgehead atoms. The lowest BCUT2D eigenvalue weighted by Gasteiger charge is -2.22. The number of oxazole rings is 1. The van der Waals surface area contributed by atoms with Gasteiger partial charge in [0.1, 0.15) is 6.26 Å². The third-order valence-corrected chi connectivity index (χ3v) is 3.98. The summed E-state index contributed by atoms with van der Waals surface area (Å²) in [5.74, 6) is 1.31. The molecule has 1 aliphatic rings. The topological polar surface area (TPSA) is 47.3 Å². The average Bonchev–Trinajstić information content (AvgIpc) is 3.12. The second-order valence-electron chi connectivity index (χ2n) is 4.71. The molecule has 0 amide bonds. The molecule has 0 radical (unpaired) electrons. The number of aromatic nitrogens is 1. The fraction of sp³-hybridized carbons (Fsp3) is 0.357. The third-order valence-electron chi connectivity index (χ3n) is 3.39. The first-order chi connectivity index (χ1) is 9.75. The number of hydrogen-bond acceptors (Lipinski definition) is 4. The first-order valence-corrected chi connectivity index (χ1v) is 7.22. The molecule has 6 heteroatoms. The number of rotatable bonds is 4. The summed E-state index contributed by atoms with van der Waals surface area (Å²) in [6.45, 7) is 1.82. The van der Waals surface area contributed by atoms with Crippen LogP contribution >= 0.6 is 23.2 Å². The van der Waals surface area contributed by atoms with E-state index in [1.54, 1.807) is 30.7 Å². The summed E-state index contributed by atoms with van der Waals surface area (Å²) in [6.07, 6.45) is 3.86. The van der Waals surface area contributed by atoms with E-state index in [9.17, 15) is 0 Å². The maximum absolute atomic E-state index is 6.17. The maximum atomic E-state index is 6.17. The van der Waals surface area contributed by atoms with Gasteiger partial charge in [0.15, 0.2) is 11.9 Å². The van der Waals surface area contributed by atoms with Gasteiger partial charge in [0.2, 0.25) is 5.89 Å². The zero-order valence-electron chi connectivity index (χ0n) is 10.7. The van der Waals surface area contributed by atoms with E-state index in [0.29, 0.717) is 21.7 Å². The minimum atomic E-state index is -0.294. The fourth-order valence-corrected chi connectivity index (χ4v) is 2.87. The van der Waals surface area contributed by atoms with Crippen molar-refractivity contribution in [1.29, 1.82) is 0 Å². The van der Waals surface area contributed by atoms with Gasteiger partial charge in [0.25, 0.3) is 0 Å². The summed E-state index contributed by atoms with van der Waals surface area (Å²) in [5.41, 5.74) is 0. The Hall–Kier alpha value is -1.23. The molecule has 1 fully saturated rings. The van der Waals surface area contributed by atoms with Crippen molar-refractivity contribution in [2.24, 2.45) is 5.92 Å². The number of nitrogens with zero attached hydrogens (tertiary/aromatic N) is 1. The van der Waals surface area contributed by atoms with Gasteiger partial charge in [-0.1, -0.05) is 29.3 Å². The average molecular weight is 313 g/mol. The Kier molecular flexibility index (Phi) is 4.15. The molecule has 0 saturated carbocycles. The Morgan fingerprint density at radius 1 is 1.35 bits per heavy atom. The molecule has 0 aliphatic carbocycles. The van der Waals surface area contributed by atoms with Crippen molar-refractivity contribution < 1.29 is 9.15 Å². The van der Waals surface area contributed by atoms with E-state index in [4.69, 9.17) is 32.4 Å². The van der Waals surface area contributed by atoms with Crippen LogP contribution in [0.15, 0.2) is 35.1 Å². The molecular weight excluding hydrogens is 299 g/mol. The third kappa shape index (κ3) is 2.77. The Morgan fingerprint density at radius 2 is 2.15 bits per heavy atom. The van der Waals surface area contributed by atoms with Gasteiger partial charge in [-0.2, -0.15) is 0 Å². The molecule has 1 aliphatic heterocycles. The number of benzene rings is 1. The van der Waals surface area contributed by atoms with Gasteiger partial charge < -0.3 is 14.5 Å². The van der Waals surface area contributed by atoms with E-state index >= 15 is 0 Å².